The molecule has 1 aliphatic carbocycles. The second kappa shape index (κ2) is 3.53. The topological polar surface area (TPSA) is 32.3 Å². The Balaban J connectivity index is 1.72. The summed E-state index contributed by atoms with van der Waals surface area (Å²) in [5.74, 6) is 0.539. The molecule has 15 heavy (non-hydrogen) atoms. The van der Waals surface area contributed by atoms with Gasteiger partial charge in [-0.25, -0.2) is 0 Å². The monoisotopic (exact) mass is 203 g/mol. The zero-order valence-corrected chi connectivity index (χ0v) is 8.82. The lowest BCUT2D eigenvalue weighted by molar-refractivity contribution is 0.0487. The maximum atomic E-state index is 10.2. The summed E-state index contributed by atoms with van der Waals surface area (Å²) in [5, 5.41) is 13.6. The smallest absolute Gasteiger partial charge is 0.0772 e. The van der Waals surface area contributed by atoms with Crippen molar-refractivity contribution < 1.29 is 5.11 Å². The predicted octanol–water partition coefficient (Wildman–Crippen LogP) is 2.18. The van der Waals surface area contributed by atoms with Gasteiger partial charge in [-0.2, -0.15) is 0 Å². The third kappa shape index (κ3) is 1.53. The van der Waals surface area contributed by atoms with Crippen LogP contribution >= 0.6 is 0 Å². The van der Waals surface area contributed by atoms with Crippen LogP contribution in [-0.4, -0.2) is 17.3 Å². The van der Waals surface area contributed by atoms with Crippen LogP contribution in [0.3, 0.4) is 0 Å². The van der Waals surface area contributed by atoms with Crippen molar-refractivity contribution in [1.82, 2.24) is 0 Å². The molecule has 0 radical (unpaired) electrons. The van der Waals surface area contributed by atoms with Gasteiger partial charge in [0.05, 0.1) is 12.1 Å². The Morgan fingerprint density at radius 2 is 2.07 bits per heavy atom. The maximum Gasteiger partial charge on any atom is 0.0772 e. The van der Waals surface area contributed by atoms with Gasteiger partial charge < -0.3 is 10.4 Å². The van der Waals surface area contributed by atoms with Gasteiger partial charge in [0.15, 0.2) is 0 Å². The molecule has 2 nitrogen and oxygen atoms in total. The Kier molecular flexibility index (Phi) is 2.17. The third-order valence-electron chi connectivity index (χ3n) is 3.84. The van der Waals surface area contributed by atoms with E-state index in [9.17, 15) is 5.11 Å². The molecular formula is C13H17NO. The number of aliphatic hydroxyl groups excluding tert-OH is 1. The number of nitrogens with one attached hydrogen (secondary N) is 1. The van der Waals surface area contributed by atoms with Crippen molar-refractivity contribution in [3.63, 3.8) is 0 Å². The fourth-order valence-corrected chi connectivity index (χ4v) is 2.64. The van der Waals surface area contributed by atoms with Crippen molar-refractivity contribution in [2.45, 2.75) is 37.8 Å². The van der Waals surface area contributed by atoms with Gasteiger partial charge in [0, 0.05) is 5.69 Å². The number of hydrogen-bond acceptors (Lipinski definition) is 2. The first-order chi connectivity index (χ1) is 7.34. The van der Waals surface area contributed by atoms with Crippen molar-refractivity contribution in [2.75, 3.05) is 5.32 Å². The van der Waals surface area contributed by atoms with E-state index in [-0.39, 0.29) is 12.1 Å². The van der Waals surface area contributed by atoms with Crippen molar-refractivity contribution >= 4 is 5.69 Å². The number of para-hydroxylation sites is 1. The summed E-state index contributed by atoms with van der Waals surface area (Å²) < 4.78 is 0. The fourth-order valence-electron chi connectivity index (χ4n) is 2.64. The number of rotatable bonds is 2. The van der Waals surface area contributed by atoms with E-state index in [1.165, 1.54) is 30.5 Å². The average molecular weight is 203 g/mol. The SMILES string of the molecule is OC(C1CCC1)C1Cc2ccccc2N1. The normalized spacial score (nSPS) is 26.6. The number of fused-ring (bicyclic) bond motifs is 1. The first kappa shape index (κ1) is 9.22. The highest BCUT2D eigenvalue weighted by atomic mass is 16.3. The molecule has 0 aromatic heterocycles. The third-order valence-corrected chi connectivity index (χ3v) is 3.84. The molecule has 0 amide bonds. The molecular weight excluding hydrogens is 186 g/mol. The zero-order valence-electron chi connectivity index (χ0n) is 8.82. The van der Waals surface area contributed by atoms with E-state index in [4.69, 9.17) is 0 Å². The number of anilines is 1. The second-order valence-corrected chi connectivity index (χ2v) is 4.79. The van der Waals surface area contributed by atoms with Crippen LogP contribution in [0.2, 0.25) is 0 Å². The van der Waals surface area contributed by atoms with Crippen molar-refractivity contribution in [2.24, 2.45) is 5.92 Å². The molecule has 1 aliphatic heterocycles. The lowest BCUT2D eigenvalue weighted by Crippen LogP contribution is -2.40. The van der Waals surface area contributed by atoms with E-state index in [0.29, 0.717) is 5.92 Å². The van der Waals surface area contributed by atoms with Crippen LogP contribution in [0.15, 0.2) is 24.3 Å². The summed E-state index contributed by atoms with van der Waals surface area (Å²) in [5.41, 5.74) is 2.56. The zero-order chi connectivity index (χ0) is 10.3. The predicted molar refractivity (Wildman–Crippen MR) is 60.9 cm³/mol. The first-order valence-corrected chi connectivity index (χ1v) is 5.87. The Morgan fingerprint density at radius 1 is 1.27 bits per heavy atom. The molecule has 0 saturated heterocycles. The molecule has 1 saturated carbocycles. The lowest BCUT2D eigenvalue weighted by atomic mass is 9.78. The van der Waals surface area contributed by atoms with E-state index >= 15 is 0 Å². The fraction of sp³-hybridized carbons (Fsp3) is 0.538. The van der Waals surface area contributed by atoms with Crippen molar-refractivity contribution in [1.29, 1.82) is 0 Å². The van der Waals surface area contributed by atoms with E-state index in [0.717, 1.165) is 6.42 Å². The Morgan fingerprint density at radius 3 is 2.73 bits per heavy atom. The molecule has 1 fully saturated rings. The van der Waals surface area contributed by atoms with Crippen LogP contribution in [0.1, 0.15) is 24.8 Å². The molecule has 2 atom stereocenters. The molecule has 2 N–H and O–H groups in total. The van der Waals surface area contributed by atoms with E-state index in [1.807, 2.05) is 6.07 Å². The molecule has 1 aromatic rings. The average Bonchev–Trinajstić information content (AvgIpc) is 2.58. The maximum absolute atomic E-state index is 10.2. The number of benzene rings is 1. The number of aliphatic hydroxyl groups is 1. The Labute approximate surface area is 90.3 Å². The standard InChI is InChI=1S/C13H17NO/c15-13(9-5-3-6-9)12-8-10-4-1-2-7-11(10)14-12/h1-2,4,7,9,12-15H,3,5-6,8H2. The Bertz CT molecular complexity index is 334. The molecule has 1 aromatic carbocycles. The van der Waals surface area contributed by atoms with Gasteiger partial charge in [-0.1, -0.05) is 24.6 Å². The number of hydrogen-bond donors (Lipinski definition) is 2. The van der Waals surface area contributed by atoms with Crippen LogP contribution in [-0.2, 0) is 6.42 Å². The highest BCUT2D eigenvalue weighted by molar-refractivity contribution is 5.56. The van der Waals surface area contributed by atoms with Crippen LogP contribution < -0.4 is 5.32 Å². The molecule has 0 bridgehead atoms. The van der Waals surface area contributed by atoms with Gasteiger partial charge in [0.1, 0.15) is 0 Å². The molecule has 80 valence electrons. The highest BCUT2D eigenvalue weighted by Crippen LogP contribution is 2.35. The van der Waals surface area contributed by atoms with Gasteiger partial charge in [-0.05, 0) is 36.8 Å². The minimum Gasteiger partial charge on any atom is -0.391 e. The van der Waals surface area contributed by atoms with Gasteiger partial charge in [0.25, 0.3) is 0 Å². The van der Waals surface area contributed by atoms with E-state index < -0.39 is 0 Å². The summed E-state index contributed by atoms with van der Waals surface area (Å²) in [6.45, 7) is 0. The summed E-state index contributed by atoms with van der Waals surface area (Å²) in [6.07, 6.45) is 4.52. The van der Waals surface area contributed by atoms with Crippen LogP contribution in [0.4, 0.5) is 5.69 Å². The summed E-state index contributed by atoms with van der Waals surface area (Å²) in [7, 11) is 0. The highest BCUT2D eigenvalue weighted by Gasteiger charge is 2.34. The van der Waals surface area contributed by atoms with Crippen LogP contribution in [0, 0.1) is 5.92 Å². The Hall–Kier alpha value is -1.02. The first-order valence-electron chi connectivity index (χ1n) is 5.87. The minimum atomic E-state index is -0.161. The van der Waals surface area contributed by atoms with Gasteiger partial charge in [-0.3, -0.25) is 0 Å². The van der Waals surface area contributed by atoms with Crippen molar-refractivity contribution in [3.05, 3.63) is 29.8 Å². The summed E-state index contributed by atoms with van der Waals surface area (Å²) in [6, 6.07) is 8.61. The summed E-state index contributed by atoms with van der Waals surface area (Å²) >= 11 is 0. The molecule has 0 spiro atoms. The van der Waals surface area contributed by atoms with E-state index in [2.05, 4.69) is 23.5 Å². The minimum absolute atomic E-state index is 0.161. The molecule has 3 rings (SSSR count). The molecule has 2 unspecified atom stereocenters. The van der Waals surface area contributed by atoms with Crippen LogP contribution in [0.5, 0.6) is 0 Å². The second-order valence-electron chi connectivity index (χ2n) is 4.79. The van der Waals surface area contributed by atoms with E-state index in [1.54, 1.807) is 0 Å². The molecule has 2 aliphatic rings. The molecule has 2 heteroatoms. The van der Waals surface area contributed by atoms with Crippen LogP contribution in [0.25, 0.3) is 0 Å². The van der Waals surface area contributed by atoms with Crippen molar-refractivity contribution in [3.8, 4) is 0 Å². The molecule has 1 heterocycles. The lowest BCUT2D eigenvalue weighted by Gasteiger charge is -2.33. The van der Waals surface area contributed by atoms with Gasteiger partial charge >= 0.3 is 0 Å². The summed E-state index contributed by atoms with van der Waals surface area (Å²) in [4.78, 5) is 0. The largest absolute Gasteiger partial charge is 0.391 e. The quantitative estimate of drug-likeness (QED) is 0.772. The van der Waals surface area contributed by atoms with Gasteiger partial charge in [0.2, 0.25) is 0 Å². The van der Waals surface area contributed by atoms with Gasteiger partial charge in [-0.15, -0.1) is 0 Å².